The molecule has 86 valence electrons. The van der Waals surface area contributed by atoms with E-state index in [0.717, 1.165) is 25.7 Å². The first-order chi connectivity index (χ1) is 7.77. The number of aliphatic hydroxyl groups is 1. The van der Waals surface area contributed by atoms with E-state index in [1.165, 1.54) is 0 Å². The van der Waals surface area contributed by atoms with Gasteiger partial charge in [0.05, 0.1) is 11.7 Å². The third kappa shape index (κ3) is 2.61. The topological polar surface area (TPSA) is 46.5 Å². The van der Waals surface area contributed by atoms with E-state index >= 15 is 0 Å². The highest BCUT2D eigenvalue weighted by Gasteiger charge is 2.26. The Morgan fingerprint density at radius 2 is 1.88 bits per heavy atom. The fourth-order valence-electron chi connectivity index (χ4n) is 1.99. The van der Waals surface area contributed by atoms with Crippen LogP contribution in [0.5, 0.6) is 0 Å². The van der Waals surface area contributed by atoms with Crippen molar-refractivity contribution in [3.8, 4) is 0 Å². The third-order valence-corrected chi connectivity index (χ3v) is 2.94. The Morgan fingerprint density at radius 3 is 2.56 bits per heavy atom. The Labute approximate surface area is 95.0 Å². The van der Waals surface area contributed by atoms with E-state index in [-0.39, 0.29) is 12.1 Å². The van der Waals surface area contributed by atoms with Gasteiger partial charge in [0.1, 0.15) is 6.10 Å². The van der Waals surface area contributed by atoms with Crippen LogP contribution in [0.2, 0.25) is 0 Å². The number of hydrogen-bond acceptors (Lipinski definition) is 3. The van der Waals surface area contributed by atoms with Gasteiger partial charge in [-0.25, -0.2) is 4.79 Å². The van der Waals surface area contributed by atoms with Gasteiger partial charge in [-0.2, -0.15) is 0 Å². The summed E-state index contributed by atoms with van der Waals surface area (Å²) in [5.74, 6) is -0.341. The SMILES string of the molecule is O=C(O[C@H]1CCCC[C@@H]1O)c1ccccc1. The monoisotopic (exact) mass is 220 g/mol. The first kappa shape index (κ1) is 11.1. The van der Waals surface area contributed by atoms with Crippen molar-refractivity contribution < 1.29 is 14.6 Å². The van der Waals surface area contributed by atoms with Gasteiger partial charge in [-0.15, -0.1) is 0 Å². The van der Waals surface area contributed by atoms with Gasteiger partial charge in [-0.3, -0.25) is 0 Å². The number of ether oxygens (including phenoxy) is 1. The molecule has 0 amide bonds. The maximum absolute atomic E-state index is 11.7. The van der Waals surface area contributed by atoms with Gasteiger partial charge >= 0.3 is 5.97 Å². The second kappa shape index (κ2) is 5.12. The molecule has 1 N–H and O–H groups in total. The van der Waals surface area contributed by atoms with Crippen molar-refractivity contribution in [2.75, 3.05) is 0 Å². The average Bonchev–Trinajstić information content (AvgIpc) is 2.33. The van der Waals surface area contributed by atoms with E-state index in [1.54, 1.807) is 24.3 Å². The van der Waals surface area contributed by atoms with Crippen LogP contribution in [0.25, 0.3) is 0 Å². The molecule has 1 fully saturated rings. The molecule has 3 nitrogen and oxygen atoms in total. The Hall–Kier alpha value is -1.35. The first-order valence-electron chi connectivity index (χ1n) is 5.71. The predicted molar refractivity (Wildman–Crippen MR) is 60.1 cm³/mol. The molecule has 3 heteroatoms. The molecule has 0 aromatic heterocycles. The van der Waals surface area contributed by atoms with Crippen LogP contribution in [0.1, 0.15) is 36.0 Å². The first-order valence-corrected chi connectivity index (χ1v) is 5.71. The predicted octanol–water partition coefficient (Wildman–Crippen LogP) is 2.15. The lowest BCUT2D eigenvalue weighted by Crippen LogP contribution is -2.34. The van der Waals surface area contributed by atoms with E-state index in [4.69, 9.17) is 4.74 Å². The van der Waals surface area contributed by atoms with E-state index in [2.05, 4.69) is 0 Å². The maximum atomic E-state index is 11.7. The van der Waals surface area contributed by atoms with Crippen LogP contribution in [0.3, 0.4) is 0 Å². The van der Waals surface area contributed by atoms with Gasteiger partial charge in [0.2, 0.25) is 0 Å². The Bertz CT molecular complexity index is 347. The number of esters is 1. The molecule has 0 heterocycles. The number of hydrogen-bond donors (Lipinski definition) is 1. The molecule has 0 saturated heterocycles. The van der Waals surface area contributed by atoms with E-state index in [1.807, 2.05) is 6.07 Å². The zero-order chi connectivity index (χ0) is 11.4. The van der Waals surface area contributed by atoms with E-state index < -0.39 is 6.10 Å². The molecule has 1 aromatic rings. The van der Waals surface area contributed by atoms with Crippen LogP contribution in [-0.4, -0.2) is 23.3 Å². The molecule has 2 rings (SSSR count). The van der Waals surface area contributed by atoms with Crippen molar-refractivity contribution in [2.24, 2.45) is 0 Å². The number of benzene rings is 1. The lowest BCUT2D eigenvalue weighted by molar-refractivity contribution is -0.0360. The van der Waals surface area contributed by atoms with Crippen molar-refractivity contribution in [3.05, 3.63) is 35.9 Å². The lowest BCUT2D eigenvalue weighted by atomic mass is 9.95. The summed E-state index contributed by atoms with van der Waals surface area (Å²) in [5.41, 5.74) is 0.542. The number of aliphatic hydroxyl groups excluding tert-OH is 1. The second-order valence-electron chi connectivity index (χ2n) is 4.16. The van der Waals surface area contributed by atoms with Gasteiger partial charge in [-0.05, 0) is 31.4 Å². The Morgan fingerprint density at radius 1 is 1.19 bits per heavy atom. The van der Waals surface area contributed by atoms with E-state index in [0.29, 0.717) is 5.56 Å². The van der Waals surface area contributed by atoms with Crippen LogP contribution in [0.15, 0.2) is 30.3 Å². The van der Waals surface area contributed by atoms with Crippen LogP contribution < -0.4 is 0 Å². The lowest BCUT2D eigenvalue weighted by Gasteiger charge is -2.27. The van der Waals surface area contributed by atoms with Gasteiger partial charge in [0, 0.05) is 0 Å². The minimum absolute atomic E-state index is 0.332. The van der Waals surface area contributed by atoms with Crippen LogP contribution in [-0.2, 0) is 4.74 Å². The van der Waals surface area contributed by atoms with Gasteiger partial charge < -0.3 is 9.84 Å². The normalized spacial score (nSPS) is 25.1. The molecular formula is C13H16O3. The number of carbonyl (C=O) groups excluding carboxylic acids is 1. The molecule has 1 aromatic carbocycles. The van der Waals surface area contributed by atoms with Gasteiger partial charge in [0.15, 0.2) is 0 Å². The van der Waals surface area contributed by atoms with Crippen molar-refractivity contribution in [1.82, 2.24) is 0 Å². The Kier molecular flexibility index (Phi) is 3.57. The highest BCUT2D eigenvalue weighted by atomic mass is 16.6. The largest absolute Gasteiger partial charge is 0.456 e. The highest BCUT2D eigenvalue weighted by molar-refractivity contribution is 5.89. The zero-order valence-corrected chi connectivity index (χ0v) is 9.13. The average molecular weight is 220 g/mol. The molecular weight excluding hydrogens is 204 g/mol. The standard InChI is InChI=1S/C13H16O3/c14-11-8-4-5-9-12(11)16-13(15)10-6-2-1-3-7-10/h1-3,6-7,11-12,14H,4-5,8-9H2/t11-,12-/m0/s1. The smallest absolute Gasteiger partial charge is 0.338 e. The summed E-state index contributed by atoms with van der Waals surface area (Å²) in [6, 6.07) is 8.89. The second-order valence-corrected chi connectivity index (χ2v) is 4.16. The molecule has 0 spiro atoms. The van der Waals surface area contributed by atoms with Gasteiger partial charge in [0.25, 0.3) is 0 Å². The molecule has 1 aliphatic rings. The molecule has 16 heavy (non-hydrogen) atoms. The molecule has 1 saturated carbocycles. The molecule has 0 bridgehead atoms. The molecule has 0 radical (unpaired) electrons. The minimum Gasteiger partial charge on any atom is -0.456 e. The summed E-state index contributed by atoms with van der Waals surface area (Å²) in [6.07, 6.45) is 2.69. The van der Waals surface area contributed by atoms with Crippen LogP contribution in [0, 0.1) is 0 Å². The zero-order valence-electron chi connectivity index (χ0n) is 9.13. The van der Waals surface area contributed by atoms with Crippen molar-refractivity contribution in [1.29, 1.82) is 0 Å². The third-order valence-electron chi connectivity index (χ3n) is 2.94. The molecule has 0 unspecified atom stereocenters. The molecule has 2 atom stereocenters. The highest BCUT2D eigenvalue weighted by Crippen LogP contribution is 2.22. The summed E-state index contributed by atoms with van der Waals surface area (Å²) in [6.45, 7) is 0. The summed E-state index contributed by atoms with van der Waals surface area (Å²) in [4.78, 5) is 11.7. The molecule has 1 aliphatic carbocycles. The van der Waals surface area contributed by atoms with Crippen molar-refractivity contribution >= 4 is 5.97 Å². The van der Waals surface area contributed by atoms with E-state index in [9.17, 15) is 9.90 Å². The maximum Gasteiger partial charge on any atom is 0.338 e. The van der Waals surface area contributed by atoms with Gasteiger partial charge in [-0.1, -0.05) is 24.6 Å². The number of carbonyl (C=O) groups is 1. The fourth-order valence-corrected chi connectivity index (χ4v) is 1.99. The van der Waals surface area contributed by atoms with Crippen molar-refractivity contribution in [2.45, 2.75) is 37.9 Å². The minimum atomic E-state index is -0.499. The van der Waals surface area contributed by atoms with Crippen molar-refractivity contribution in [3.63, 3.8) is 0 Å². The quantitative estimate of drug-likeness (QED) is 0.777. The fraction of sp³-hybridized carbons (Fsp3) is 0.462. The summed E-state index contributed by atoms with van der Waals surface area (Å²) >= 11 is 0. The summed E-state index contributed by atoms with van der Waals surface area (Å²) in [7, 11) is 0. The van der Waals surface area contributed by atoms with Crippen LogP contribution >= 0.6 is 0 Å². The Balaban J connectivity index is 1.96. The summed E-state index contributed by atoms with van der Waals surface area (Å²) in [5, 5.41) is 9.69. The van der Waals surface area contributed by atoms with Crippen LogP contribution in [0.4, 0.5) is 0 Å². The molecule has 0 aliphatic heterocycles. The summed E-state index contributed by atoms with van der Waals surface area (Å²) < 4.78 is 5.30. The number of rotatable bonds is 2.